The molecule has 0 fully saturated rings. The number of aromatic hydroxyl groups is 1. The summed E-state index contributed by atoms with van der Waals surface area (Å²) in [6.45, 7) is 1.42. The second-order valence-electron chi connectivity index (χ2n) is 6.18. The summed E-state index contributed by atoms with van der Waals surface area (Å²) in [5.41, 5.74) is 1.28. The number of nitro groups is 1. The second-order valence-corrected chi connectivity index (χ2v) is 6.18. The number of nitrogens with zero attached hydrogens (tertiary/aromatic N) is 2. The van der Waals surface area contributed by atoms with E-state index in [0.717, 1.165) is 0 Å². The smallest absolute Gasteiger partial charge is 0.337 e. The monoisotopic (exact) mass is 392 g/mol. The number of benzene rings is 2. The summed E-state index contributed by atoms with van der Waals surface area (Å²) in [6, 6.07) is 10.1. The van der Waals surface area contributed by atoms with Gasteiger partial charge in [0.05, 0.1) is 28.9 Å². The number of pyridine rings is 1. The first-order valence-corrected chi connectivity index (χ1v) is 8.50. The highest BCUT2D eigenvalue weighted by Crippen LogP contribution is 2.28. The molecule has 0 saturated heterocycles. The normalized spacial score (nSPS) is 11.0. The van der Waals surface area contributed by atoms with Crippen molar-refractivity contribution in [3.63, 3.8) is 0 Å². The van der Waals surface area contributed by atoms with Gasteiger partial charge >= 0.3 is 5.97 Å². The summed E-state index contributed by atoms with van der Waals surface area (Å²) in [5.74, 6) is -0.852. The van der Waals surface area contributed by atoms with Crippen LogP contribution in [0.15, 0.2) is 42.5 Å². The van der Waals surface area contributed by atoms with Gasteiger partial charge in [0.2, 0.25) is 0 Å². The molecular weight excluding hydrogens is 376 g/mol. The minimum Gasteiger partial charge on any atom is -0.506 e. The summed E-state index contributed by atoms with van der Waals surface area (Å²) < 4.78 is 4.65. The maximum absolute atomic E-state index is 11.8. The number of fused-ring (bicyclic) bond motifs is 1. The van der Waals surface area contributed by atoms with Crippen LogP contribution in [0, 0.1) is 10.1 Å². The Kier molecular flexibility index (Phi) is 5.36. The summed E-state index contributed by atoms with van der Waals surface area (Å²) in [6.07, 6.45) is 2.97. The minimum atomic E-state index is -0.611. The lowest BCUT2D eigenvalue weighted by atomic mass is 10.0. The summed E-state index contributed by atoms with van der Waals surface area (Å²) in [5, 5.41) is 21.9. The van der Waals surface area contributed by atoms with E-state index in [4.69, 9.17) is 0 Å². The van der Waals surface area contributed by atoms with Crippen LogP contribution >= 0.6 is 0 Å². The van der Waals surface area contributed by atoms with Gasteiger partial charge in [-0.25, -0.2) is 9.78 Å². The minimum absolute atomic E-state index is 0.0843. The molecule has 0 bridgehead atoms. The number of phenolic OH excluding ortho intramolecular Hbond substituents is 1. The lowest BCUT2D eigenvalue weighted by Crippen LogP contribution is -2.02. The van der Waals surface area contributed by atoms with E-state index in [1.807, 2.05) is 0 Å². The first-order valence-electron chi connectivity index (χ1n) is 8.50. The van der Waals surface area contributed by atoms with Crippen LogP contribution < -0.4 is 0 Å². The van der Waals surface area contributed by atoms with Crippen LogP contribution in [0.4, 0.5) is 5.69 Å². The SMILES string of the molecule is COC(=O)c1ccc([N+](=O)[O-])c(/C=C/c2ccc3c(C(C)=O)ccc(O)c3n2)c1. The fraction of sp³-hybridized carbons (Fsp3) is 0.0952. The lowest BCUT2D eigenvalue weighted by Gasteiger charge is -2.06. The van der Waals surface area contributed by atoms with Gasteiger partial charge in [0.15, 0.2) is 5.78 Å². The van der Waals surface area contributed by atoms with E-state index in [0.29, 0.717) is 16.6 Å². The highest BCUT2D eigenvalue weighted by molar-refractivity contribution is 6.07. The molecule has 0 aliphatic rings. The Balaban J connectivity index is 2.07. The molecule has 3 aromatic rings. The number of nitro benzene ring substituents is 1. The van der Waals surface area contributed by atoms with E-state index in [9.17, 15) is 24.8 Å². The van der Waals surface area contributed by atoms with Gasteiger partial charge in [0.1, 0.15) is 11.3 Å². The van der Waals surface area contributed by atoms with Crippen molar-refractivity contribution in [1.29, 1.82) is 0 Å². The van der Waals surface area contributed by atoms with Gasteiger partial charge < -0.3 is 9.84 Å². The highest BCUT2D eigenvalue weighted by Gasteiger charge is 2.16. The standard InChI is InChI=1S/C21H16N2O6/c1-12(24)16-8-10-19(25)20-17(16)7-6-15(22-20)5-3-13-11-14(21(26)29-2)4-9-18(13)23(27)28/h3-11,25H,1-2H3/b5-3+. The first-order chi connectivity index (χ1) is 13.8. The molecule has 8 heteroatoms. The largest absolute Gasteiger partial charge is 0.506 e. The van der Waals surface area contributed by atoms with E-state index in [-0.39, 0.29) is 33.9 Å². The number of rotatable bonds is 5. The number of hydrogen-bond acceptors (Lipinski definition) is 7. The summed E-state index contributed by atoms with van der Waals surface area (Å²) >= 11 is 0. The number of methoxy groups -OCH3 is 1. The van der Waals surface area contributed by atoms with Crippen molar-refractivity contribution in [3.8, 4) is 5.75 Å². The van der Waals surface area contributed by atoms with Crippen molar-refractivity contribution >= 4 is 40.5 Å². The zero-order valence-corrected chi connectivity index (χ0v) is 15.6. The van der Waals surface area contributed by atoms with Gasteiger partial charge in [-0.15, -0.1) is 0 Å². The quantitative estimate of drug-likeness (QED) is 0.301. The summed E-state index contributed by atoms with van der Waals surface area (Å²) in [4.78, 5) is 38.5. The van der Waals surface area contributed by atoms with Crippen molar-refractivity contribution in [2.24, 2.45) is 0 Å². The molecule has 1 N–H and O–H groups in total. The van der Waals surface area contributed by atoms with E-state index in [1.165, 1.54) is 56.5 Å². The molecule has 0 saturated carbocycles. The third-order valence-corrected chi connectivity index (χ3v) is 4.32. The Labute approximate surface area is 165 Å². The van der Waals surface area contributed by atoms with Gasteiger partial charge in [0, 0.05) is 17.0 Å². The number of ketones is 1. The number of Topliss-reactive ketones (excluding diaryl/α,β-unsaturated/α-hetero) is 1. The molecule has 0 atom stereocenters. The Hall–Kier alpha value is -4.07. The lowest BCUT2D eigenvalue weighted by molar-refractivity contribution is -0.385. The molecule has 29 heavy (non-hydrogen) atoms. The molecule has 0 unspecified atom stereocenters. The molecule has 0 amide bonds. The predicted octanol–water partition coefficient (Wildman–Crippen LogP) is 4.01. The number of esters is 1. The molecule has 0 radical (unpaired) electrons. The van der Waals surface area contributed by atoms with Gasteiger partial charge in [0.25, 0.3) is 5.69 Å². The van der Waals surface area contributed by atoms with Crippen LogP contribution in [0.2, 0.25) is 0 Å². The van der Waals surface area contributed by atoms with Crippen molar-refractivity contribution in [2.45, 2.75) is 6.92 Å². The molecular formula is C21H16N2O6. The molecule has 3 rings (SSSR count). The van der Waals surface area contributed by atoms with E-state index in [2.05, 4.69) is 9.72 Å². The zero-order valence-electron chi connectivity index (χ0n) is 15.6. The molecule has 1 aromatic heterocycles. The van der Waals surface area contributed by atoms with Crippen LogP contribution in [0.25, 0.3) is 23.1 Å². The number of aromatic nitrogens is 1. The number of carbonyl (C=O) groups excluding carboxylic acids is 2. The second kappa shape index (κ2) is 7.89. The molecule has 0 spiro atoms. The highest BCUT2D eigenvalue weighted by atomic mass is 16.6. The third-order valence-electron chi connectivity index (χ3n) is 4.32. The van der Waals surface area contributed by atoms with Crippen LogP contribution in [-0.2, 0) is 4.74 Å². The van der Waals surface area contributed by atoms with Crippen LogP contribution in [0.3, 0.4) is 0 Å². The maximum Gasteiger partial charge on any atom is 0.337 e. The Morgan fingerprint density at radius 3 is 2.55 bits per heavy atom. The Morgan fingerprint density at radius 1 is 1.14 bits per heavy atom. The van der Waals surface area contributed by atoms with E-state index < -0.39 is 10.9 Å². The predicted molar refractivity (Wildman–Crippen MR) is 107 cm³/mol. The maximum atomic E-state index is 11.8. The van der Waals surface area contributed by atoms with Crippen molar-refractivity contribution in [2.75, 3.05) is 7.11 Å². The number of ether oxygens (including phenoxy) is 1. The third kappa shape index (κ3) is 3.96. The van der Waals surface area contributed by atoms with Crippen LogP contribution in [-0.4, -0.2) is 33.9 Å². The number of hydrogen-bond donors (Lipinski definition) is 1. The number of phenols is 1. The van der Waals surface area contributed by atoms with E-state index in [1.54, 1.807) is 12.1 Å². The molecule has 8 nitrogen and oxygen atoms in total. The van der Waals surface area contributed by atoms with Crippen molar-refractivity contribution in [3.05, 3.63) is 75.0 Å². The number of carbonyl (C=O) groups is 2. The Morgan fingerprint density at radius 2 is 1.90 bits per heavy atom. The first kappa shape index (κ1) is 19.7. The fourth-order valence-corrected chi connectivity index (χ4v) is 2.89. The van der Waals surface area contributed by atoms with Gasteiger partial charge in [-0.05, 0) is 55.5 Å². The molecule has 146 valence electrons. The van der Waals surface area contributed by atoms with Gasteiger partial charge in [-0.2, -0.15) is 0 Å². The summed E-state index contributed by atoms with van der Waals surface area (Å²) in [7, 11) is 1.22. The molecule has 1 heterocycles. The zero-order chi connectivity index (χ0) is 21.1. The molecule has 0 aliphatic heterocycles. The van der Waals surface area contributed by atoms with Crippen molar-refractivity contribution < 1.29 is 24.4 Å². The van der Waals surface area contributed by atoms with Gasteiger partial charge in [-0.3, -0.25) is 14.9 Å². The van der Waals surface area contributed by atoms with E-state index >= 15 is 0 Å². The van der Waals surface area contributed by atoms with Crippen LogP contribution in [0.5, 0.6) is 5.75 Å². The van der Waals surface area contributed by atoms with Crippen LogP contribution in [0.1, 0.15) is 38.9 Å². The average Bonchev–Trinajstić information content (AvgIpc) is 2.71. The fourth-order valence-electron chi connectivity index (χ4n) is 2.89. The molecule has 0 aliphatic carbocycles. The molecule has 2 aromatic carbocycles. The van der Waals surface area contributed by atoms with Gasteiger partial charge in [-0.1, -0.05) is 0 Å². The Bertz CT molecular complexity index is 1180. The average molecular weight is 392 g/mol. The topological polar surface area (TPSA) is 120 Å². The van der Waals surface area contributed by atoms with Crippen molar-refractivity contribution in [1.82, 2.24) is 4.98 Å².